The number of oxazole rings is 1. The third-order valence-corrected chi connectivity index (χ3v) is 9.18. The van der Waals surface area contributed by atoms with Crippen LogP contribution in [0.2, 0.25) is 0 Å². The number of carbonyl (C=O) groups excluding carboxylic acids is 1. The lowest BCUT2D eigenvalue weighted by Gasteiger charge is -2.33. The highest BCUT2D eigenvalue weighted by Crippen LogP contribution is 2.49. The van der Waals surface area contributed by atoms with Crippen molar-refractivity contribution in [2.45, 2.75) is 37.2 Å². The number of esters is 1. The summed E-state index contributed by atoms with van der Waals surface area (Å²) in [5, 5.41) is 20.4. The van der Waals surface area contributed by atoms with Crippen LogP contribution < -0.4 is 4.74 Å². The maximum absolute atomic E-state index is 13.7. The third-order valence-electron chi connectivity index (χ3n) is 7.27. The molecule has 0 aliphatic carbocycles. The summed E-state index contributed by atoms with van der Waals surface area (Å²) in [6.07, 6.45) is 0.516. The highest BCUT2D eigenvalue weighted by molar-refractivity contribution is 7.89. The number of sulfonamides is 1. The Balaban J connectivity index is 1.34. The number of aryl methyl sites for hydroxylation is 1. The Morgan fingerprint density at radius 2 is 1.74 bits per heavy atom. The zero-order valence-electron chi connectivity index (χ0n) is 23.6. The first kappa shape index (κ1) is 29.5. The molecule has 10 nitrogen and oxygen atoms in total. The summed E-state index contributed by atoms with van der Waals surface area (Å²) in [6.45, 7) is 3.47. The van der Waals surface area contributed by atoms with Crippen LogP contribution >= 0.6 is 0 Å². The molecule has 0 saturated carbocycles. The molecule has 43 heavy (non-hydrogen) atoms. The van der Waals surface area contributed by atoms with E-state index in [9.17, 15) is 23.7 Å². The Hall–Kier alpha value is -4.97. The first-order valence-electron chi connectivity index (χ1n) is 13.6. The quantitative estimate of drug-likeness (QED) is 0.233. The van der Waals surface area contributed by atoms with Crippen molar-refractivity contribution in [1.29, 1.82) is 10.5 Å². The predicted molar refractivity (Wildman–Crippen MR) is 155 cm³/mol. The van der Waals surface area contributed by atoms with E-state index in [0.717, 1.165) is 15.6 Å². The molecule has 1 aliphatic rings. The Morgan fingerprint density at radius 3 is 2.42 bits per heavy atom. The zero-order chi connectivity index (χ0) is 30.6. The second-order valence-electron chi connectivity index (χ2n) is 9.83. The molecule has 0 N–H and O–H groups in total. The smallest absolute Gasteiger partial charge is 0.326 e. The van der Waals surface area contributed by atoms with Crippen molar-refractivity contribution in [3.8, 4) is 29.3 Å². The van der Waals surface area contributed by atoms with Gasteiger partial charge in [0.2, 0.25) is 15.9 Å². The first-order chi connectivity index (χ1) is 20.8. The average molecular weight is 597 g/mol. The number of nitriles is 2. The molecular formula is C32H28N4O6S. The summed E-state index contributed by atoms with van der Waals surface area (Å²) >= 11 is 0. The molecule has 1 aromatic heterocycles. The van der Waals surface area contributed by atoms with Gasteiger partial charge in [-0.2, -0.15) is 14.8 Å². The molecule has 0 bridgehead atoms. The lowest BCUT2D eigenvalue weighted by molar-refractivity contribution is -0.149. The van der Waals surface area contributed by atoms with Crippen LogP contribution in [0.3, 0.4) is 0 Å². The number of ether oxygens (including phenoxy) is 2. The molecule has 0 saturated heterocycles. The molecule has 4 aromatic rings. The fraction of sp³-hybridized carbons (Fsp3) is 0.250. The van der Waals surface area contributed by atoms with Crippen molar-refractivity contribution in [2.75, 3.05) is 13.2 Å². The standard InChI is InChI=1S/C32H28N4O6S/c1-3-40-31(37)27(19-33)32(21-34)26-11-7-8-12-29(26)43(38,39)36(32)20-23-13-15-25(16-14-23)41-18-17-28-22(2)42-30(35-28)24-9-5-4-6-10-24/h4-16,27H,3,17-18,20H2,1-2H3. The largest absolute Gasteiger partial charge is 0.493 e. The lowest BCUT2D eigenvalue weighted by atomic mass is 9.79. The van der Waals surface area contributed by atoms with E-state index >= 15 is 0 Å². The molecule has 3 aromatic carbocycles. The van der Waals surface area contributed by atoms with Gasteiger partial charge in [-0.1, -0.05) is 48.5 Å². The van der Waals surface area contributed by atoms with Crippen LogP contribution in [0.1, 0.15) is 29.5 Å². The van der Waals surface area contributed by atoms with Crippen LogP contribution in [0.25, 0.3) is 11.5 Å². The van der Waals surface area contributed by atoms with Crippen LogP contribution in [0.5, 0.6) is 5.75 Å². The van der Waals surface area contributed by atoms with Gasteiger partial charge < -0.3 is 13.9 Å². The van der Waals surface area contributed by atoms with E-state index in [-0.39, 0.29) is 23.6 Å². The summed E-state index contributed by atoms with van der Waals surface area (Å²) in [4.78, 5) is 17.3. The molecule has 0 amide bonds. The van der Waals surface area contributed by atoms with E-state index in [0.29, 0.717) is 36.0 Å². The molecule has 2 atom stereocenters. The van der Waals surface area contributed by atoms with Crippen LogP contribution in [0.4, 0.5) is 0 Å². The minimum atomic E-state index is -4.24. The first-order valence-corrected chi connectivity index (χ1v) is 15.0. The Labute approximate surface area is 249 Å². The van der Waals surface area contributed by atoms with E-state index in [1.165, 1.54) is 18.2 Å². The minimum absolute atomic E-state index is 0.0290. The molecule has 2 unspecified atom stereocenters. The molecule has 218 valence electrons. The topological polar surface area (TPSA) is 147 Å². The van der Waals surface area contributed by atoms with E-state index in [1.54, 1.807) is 37.3 Å². The van der Waals surface area contributed by atoms with E-state index in [4.69, 9.17) is 13.9 Å². The van der Waals surface area contributed by atoms with Gasteiger partial charge in [-0.25, -0.2) is 13.4 Å². The van der Waals surface area contributed by atoms with Crippen LogP contribution in [-0.4, -0.2) is 36.9 Å². The molecule has 1 aliphatic heterocycles. The molecule has 2 heterocycles. The Bertz CT molecular complexity index is 1820. The van der Waals surface area contributed by atoms with Crippen molar-refractivity contribution in [3.05, 3.63) is 101 Å². The lowest BCUT2D eigenvalue weighted by Crippen LogP contribution is -2.50. The summed E-state index contributed by atoms with van der Waals surface area (Å²) in [6, 6.07) is 26.1. The fourth-order valence-electron chi connectivity index (χ4n) is 5.17. The van der Waals surface area contributed by atoms with Crippen molar-refractivity contribution in [3.63, 3.8) is 0 Å². The van der Waals surface area contributed by atoms with Crippen molar-refractivity contribution in [1.82, 2.24) is 9.29 Å². The normalized spacial score (nSPS) is 17.8. The summed E-state index contributed by atoms with van der Waals surface area (Å²) in [5.41, 5.74) is 0.162. The fourth-order valence-corrected chi connectivity index (χ4v) is 7.10. The monoisotopic (exact) mass is 596 g/mol. The van der Waals surface area contributed by atoms with Crippen LogP contribution in [0, 0.1) is 35.5 Å². The summed E-state index contributed by atoms with van der Waals surface area (Å²) in [5.74, 6) is -0.864. The second kappa shape index (κ2) is 12.1. The third kappa shape index (κ3) is 5.37. The summed E-state index contributed by atoms with van der Waals surface area (Å²) < 4.78 is 45.1. The summed E-state index contributed by atoms with van der Waals surface area (Å²) in [7, 11) is -4.24. The van der Waals surface area contributed by atoms with Gasteiger partial charge >= 0.3 is 5.97 Å². The van der Waals surface area contributed by atoms with Gasteiger partial charge in [0.25, 0.3) is 0 Å². The highest BCUT2D eigenvalue weighted by atomic mass is 32.2. The van der Waals surface area contributed by atoms with E-state index < -0.39 is 27.4 Å². The van der Waals surface area contributed by atoms with Gasteiger partial charge in [0.05, 0.1) is 35.9 Å². The van der Waals surface area contributed by atoms with Gasteiger partial charge in [-0.15, -0.1) is 0 Å². The number of benzene rings is 3. The number of carbonyl (C=O) groups is 1. The number of nitrogens with zero attached hydrogens (tertiary/aromatic N) is 4. The van der Waals surface area contributed by atoms with Crippen LogP contribution in [0.15, 0.2) is 88.2 Å². The van der Waals surface area contributed by atoms with Gasteiger partial charge in [-0.3, -0.25) is 4.79 Å². The second-order valence-corrected chi connectivity index (χ2v) is 11.7. The van der Waals surface area contributed by atoms with Gasteiger partial charge in [0, 0.05) is 24.1 Å². The van der Waals surface area contributed by atoms with Crippen molar-refractivity contribution < 1.29 is 27.1 Å². The molecule has 0 spiro atoms. The van der Waals surface area contributed by atoms with E-state index in [1.807, 2.05) is 49.4 Å². The maximum Gasteiger partial charge on any atom is 0.326 e. The average Bonchev–Trinajstić information content (AvgIpc) is 3.48. The minimum Gasteiger partial charge on any atom is -0.493 e. The van der Waals surface area contributed by atoms with Gasteiger partial charge in [-0.05, 0) is 49.7 Å². The zero-order valence-corrected chi connectivity index (χ0v) is 24.4. The number of rotatable bonds is 10. The number of hydrogen-bond donors (Lipinski definition) is 0. The number of aromatic nitrogens is 1. The molecule has 0 fully saturated rings. The molecule has 11 heteroatoms. The van der Waals surface area contributed by atoms with Crippen molar-refractivity contribution >= 4 is 16.0 Å². The SMILES string of the molecule is CCOC(=O)C(C#N)C1(C#N)c2ccccc2S(=O)(=O)N1Cc1ccc(OCCc2nc(-c3ccccc3)oc2C)cc1. The molecule has 0 radical (unpaired) electrons. The highest BCUT2D eigenvalue weighted by Gasteiger charge is 2.61. The Morgan fingerprint density at radius 1 is 1.05 bits per heavy atom. The van der Waals surface area contributed by atoms with Crippen molar-refractivity contribution in [2.24, 2.45) is 5.92 Å². The molecular weight excluding hydrogens is 568 g/mol. The van der Waals surface area contributed by atoms with Gasteiger partial charge in [0.1, 0.15) is 11.5 Å². The Kier molecular flexibility index (Phi) is 8.31. The van der Waals surface area contributed by atoms with E-state index in [2.05, 4.69) is 4.98 Å². The number of hydrogen-bond acceptors (Lipinski definition) is 9. The maximum atomic E-state index is 13.7. The molecule has 5 rings (SSSR count). The number of fused-ring (bicyclic) bond motifs is 1. The van der Waals surface area contributed by atoms with Crippen LogP contribution in [-0.2, 0) is 38.1 Å². The predicted octanol–water partition coefficient (Wildman–Crippen LogP) is 4.90. The van der Waals surface area contributed by atoms with Gasteiger partial charge in [0.15, 0.2) is 11.5 Å².